The Morgan fingerprint density at radius 2 is 1.57 bits per heavy atom. The van der Waals surface area contributed by atoms with Crippen molar-refractivity contribution in [3.05, 3.63) is 89.0 Å². The largest absolute Gasteiger partial charge is 0.481 e. The normalized spacial score (nSPS) is 32.5. The van der Waals surface area contributed by atoms with Crippen LogP contribution < -0.4 is 21.3 Å². The van der Waals surface area contributed by atoms with Gasteiger partial charge in [0.1, 0.15) is 19.3 Å². The minimum Gasteiger partial charge on any atom is -0.481 e. The lowest BCUT2D eigenvalue weighted by Gasteiger charge is -2.59. The molecule has 23 nitrogen and oxygen atoms in total. The zero-order valence-electron chi connectivity index (χ0n) is 45.7. The number of hydrogen-bond acceptors (Lipinski definition) is 17. The Bertz CT molecular complexity index is 2960. The van der Waals surface area contributed by atoms with Crippen LogP contribution in [0.2, 0.25) is 0 Å². The Labute approximate surface area is 472 Å². The van der Waals surface area contributed by atoms with Gasteiger partial charge in [0.25, 0.3) is 11.8 Å². The van der Waals surface area contributed by atoms with Crippen molar-refractivity contribution >= 4 is 64.8 Å². The van der Waals surface area contributed by atoms with Gasteiger partial charge >= 0.3 is 18.0 Å². The molecule has 2 aromatic rings. The number of nitrogens with zero attached hydrogens (tertiary/aromatic N) is 1. The second kappa shape index (κ2) is 22.9. The number of fused-ring (bicyclic) bond motifs is 10. The van der Waals surface area contributed by atoms with E-state index in [4.69, 9.17) is 23.8 Å². The molecule has 4 heterocycles. The number of aliphatic hydroxyl groups is 2. The molecule has 0 aromatic heterocycles. The molecule has 23 heteroatoms. The predicted octanol–water partition coefficient (Wildman–Crippen LogP) is 3.63. The number of hydrogen-bond donors (Lipinski definition) is 7. The highest BCUT2D eigenvalue weighted by molar-refractivity contribution is 6.02. The van der Waals surface area contributed by atoms with E-state index < -0.39 is 138 Å². The monoisotopic (exact) mass is 1140 g/mol. The van der Waals surface area contributed by atoms with Crippen LogP contribution >= 0.6 is 0 Å². The highest BCUT2D eigenvalue weighted by atomic mass is 16.7. The summed E-state index contributed by atoms with van der Waals surface area (Å²) in [4.78, 5) is 129. The number of allylic oxidation sites excluding steroid dienone is 4. The zero-order valence-corrected chi connectivity index (χ0v) is 45.7. The summed E-state index contributed by atoms with van der Waals surface area (Å²) in [5.74, 6) is -6.47. The molecule has 4 saturated carbocycles. The molecule has 438 valence electrons. The molecule has 9 aliphatic rings. The quantitative estimate of drug-likeness (QED) is 0.0931. The number of anilines is 1. The summed E-state index contributed by atoms with van der Waals surface area (Å²) >= 11 is 0. The van der Waals surface area contributed by atoms with Gasteiger partial charge in [-0.2, -0.15) is 0 Å². The molecular weight excluding hydrogens is 1070 g/mol. The lowest BCUT2D eigenvalue weighted by atomic mass is 9.46. The summed E-state index contributed by atoms with van der Waals surface area (Å²) in [5, 5.41) is 42.4. The van der Waals surface area contributed by atoms with Crippen molar-refractivity contribution in [1.29, 1.82) is 0 Å². The number of hydroxylamine groups is 2. The molecule has 5 aliphatic carbocycles. The molecule has 7 N–H and O–H groups in total. The molecule has 82 heavy (non-hydrogen) atoms. The minimum absolute atomic E-state index is 0.0186. The molecule has 1 unspecified atom stereocenters. The summed E-state index contributed by atoms with van der Waals surface area (Å²) in [6.45, 7) is 2.98. The number of carbonyl (C=O) groups is 10. The molecular formula is C59H69N5O18. The van der Waals surface area contributed by atoms with Crippen molar-refractivity contribution in [3.63, 3.8) is 0 Å². The van der Waals surface area contributed by atoms with Crippen molar-refractivity contribution < 1.29 is 87.0 Å². The number of rotatable bonds is 20. The number of nitrogens with one attached hydrogen (secondary N) is 4. The Hall–Kier alpha value is -7.18. The summed E-state index contributed by atoms with van der Waals surface area (Å²) in [6.07, 6.45) is 6.18. The SMILES string of the molecule is C[C@]12C=CC(=O)C=C1CC[C@@H]1[C@@H]2[C@@H](O)C[C@@]2(C)[C@H]1C[C@H]1OC(c3ccc(CC45CCC(NC(=O)OCc6ccc(NC(=O)[C@H](CCC(=O)O)NC(=O)CNC(=O)CCC(=O)ON7C(=O)CCC7=O)cc6)(CC4)CO5)cc3)O[C@]12C(=O)CO. The number of imide groups is 1. The highest BCUT2D eigenvalue weighted by Crippen LogP contribution is 2.70. The number of carbonyl (C=O) groups excluding carboxylic acids is 9. The first-order valence-electron chi connectivity index (χ1n) is 28.1. The Morgan fingerprint density at radius 1 is 0.866 bits per heavy atom. The maximum absolute atomic E-state index is 14.1. The lowest BCUT2D eigenvalue weighted by Crippen LogP contribution is -2.63. The van der Waals surface area contributed by atoms with Crippen LogP contribution in [0.5, 0.6) is 0 Å². The van der Waals surface area contributed by atoms with Crippen molar-refractivity contribution in [2.75, 3.05) is 25.1 Å². The molecule has 2 aromatic carbocycles. The van der Waals surface area contributed by atoms with E-state index in [1.807, 2.05) is 37.3 Å². The second-order valence-electron chi connectivity index (χ2n) is 23.8. The van der Waals surface area contributed by atoms with Crippen LogP contribution in [0.3, 0.4) is 0 Å². The van der Waals surface area contributed by atoms with Gasteiger partial charge in [-0.1, -0.05) is 61.9 Å². The third-order valence-corrected chi connectivity index (χ3v) is 18.8. The molecule has 11 rings (SSSR count). The molecule has 2 bridgehead atoms. The van der Waals surface area contributed by atoms with Gasteiger partial charge in [-0.15, -0.1) is 5.06 Å². The first-order valence-corrected chi connectivity index (χ1v) is 28.1. The smallest absolute Gasteiger partial charge is 0.407 e. The van der Waals surface area contributed by atoms with Gasteiger partial charge < -0.3 is 60.4 Å². The number of Topliss-reactive ketones (excluding diaryl/α,β-unsaturated/α-hetero) is 1. The van der Waals surface area contributed by atoms with Gasteiger partial charge in [-0.05, 0) is 105 Å². The fourth-order valence-corrected chi connectivity index (χ4v) is 14.5. The van der Waals surface area contributed by atoms with E-state index >= 15 is 0 Å². The van der Waals surface area contributed by atoms with Gasteiger partial charge in [0.05, 0.1) is 42.9 Å². The van der Waals surface area contributed by atoms with Gasteiger partial charge in [0.15, 0.2) is 23.5 Å². The van der Waals surface area contributed by atoms with E-state index in [-0.39, 0.29) is 55.8 Å². The van der Waals surface area contributed by atoms with E-state index in [1.54, 1.807) is 36.4 Å². The predicted molar refractivity (Wildman–Crippen MR) is 284 cm³/mol. The average molecular weight is 1140 g/mol. The van der Waals surface area contributed by atoms with Gasteiger partial charge in [0, 0.05) is 60.1 Å². The summed E-state index contributed by atoms with van der Waals surface area (Å²) in [5.41, 5.74) is -0.114. The molecule has 6 amide bonds. The van der Waals surface area contributed by atoms with Crippen LogP contribution in [0.25, 0.3) is 0 Å². The fraction of sp³-hybridized carbons (Fsp3) is 0.559. The van der Waals surface area contributed by atoms with Crippen LogP contribution in [-0.2, 0) is 80.0 Å². The number of alkyl carbamates (subject to hydrolysis) is 1. The molecule has 4 aliphatic heterocycles. The number of ether oxygens (including phenoxy) is 4. The number of ketones is 2. The maximum atomic E-state index is 14.1. The van der Waals surface area contributed by atoms with Crippen LogP contribution in [0.1, 0.15) is 127 Å². The number of aliphatic carboxylic acids is 1. The van der Waals surface area contributed by atoms with Crippen LogP contribution in [-0.4, -0.2) is 134 Å². The highest BCUT2D eigenvalue weighted by Gasteiger charge is 2.76. The maximum Gasteiger partial charge on any atom is 0.407 e. The first-order chi connectivity index (χ1) is 39.1. The topological polar surface area (TPSA) is 329 Å². The summed E-state index contributed by atoms with van der Waals surface area (Å²) in [6, 6.07) is 12.9. The minimum atomic E-state index is -1.46. The van der Waals surface area contributed by atoms with Crippen LogP contribution in [0.15, 0.2) is 72.3 Å². The Kier molecular flexibility index (Phi) is 16.2. The van der Waals surface area contributed by atoms with Crippen molar-refractivity contribution in [2.24, 2.45) is 28.6 Å². The van der Waals surface area contributed by atoms with Crippen molar-refractivity contribution in [2.45, 2.75) is 158 Å². The van der Waals surface area contributed by atoms with Gasteiger partial charge in [-0.3, -0.25) is 38.4 Å². The number of amides is 6. The number of carboxylic acid groups (broad SMARTS) is 1. The Balaban J connectivity index is 0.665. The third kappa shape index (κ3) is 11.2. The molecule has 0 spiro atoms. The third-order valence-electron chi connectivity index (χ3n) is 18.8. The molecule has 10 atom stereocenters. The number of aliphatic hydroxyl groups excluding tert-OH is 2. The zero-order chi connectivity index (χ0) is 58.4. The van der Waals surface area contributed by atoms with Gasteiger partial charge in [-0.25, -0.2) is 9.59 Å². The number of benzene rings is 2. The van der Waals surface area contributed by atoms with E-state index in [1.165, 1.54) is 0 Å². The average Bonchev–Trinajstić information content (AvgIpc) is 1.96. The summed E-state index contributed by atoms with van der Waals surface area (Å²) in [7, 11) is 0. The lowest BCUT2D eigenvalue weighted by molar-refractivity contribution is -0.201. The first kappa shape index (κ1) is 58.0. The van der Waals surface area contributed by atoms with E-state index in [9.17, 15) is 63.3 Å². The van der Waals surface area contributed by atoms with Crippen molar-refractivity contribution in [3.8, 4) is 0 Å². The number of carboxylic acids is 1. The van der Waals surface area contributed by atoms with E-state index in [2.05, 4.69) is 28.2 Å². The van der Waals surface area contributed by atoms with Gasteiger partial charge in [0.2, 0.25) is 17.7 Å². The van der Waals surface area contributed by atoms with Crippen molar-refractivity contribution in [1.82, 2.24) is 21.0 Å². The molecule has 8 fully saturated rings. The second-order valence-corrected chi connectivity index (χ2v) is 23.8. The standard InChI is InChI=1S/C59H69N5O18/c1-55-20-19-38(66)25-36(55)9-12-39-40-26-44-59(43(68)30-65,56(40,2)28-42(67)51(39)55)81-53(80-44)35-7-3-33(4-8-35)27-58-23-21-57(22-24-58,32-79-58)63-54(77)78-31-34-5-10-37(11-6-34)61-52(76)41(13-17-49(73)74)62-46(70)29-60-45(69)14-18-50(75)82-64-47(71)15-16-48(64)72/h3-8,10-11,19-20,25,39-42,44,51,53,65,67H,9,12-18,21-24,26-32H2,1-2H3,(H,60,69)(H,61,76)(H,62,70)(H,63,77)(H,73,74)/t39-,40-,41-,42-,44+,51+,53?,55-,56-,57?,58?,59+/m0/s1. The van der Waals surface area contributed by atoms with E-state index in [0.717, 1.165) is 29.5 Å². The molecule has 0 radical (unpaired) electrons. The fourth-order valence-electron chi connectivity index (χ4n) is 14.5. The summed E-state index contributed by atoms with van der Waals surface area (Å²) < 4.78 is 25.6. The molecule has 4 saturated heterocycles. The van der Waals surface area contributed by atoms with Crippen LogP contribution in [0, 0.1) is 28.6 Å². The van der Waals surface area contributed by atoms with E-state index in [0.29, 0.717) is 61.4 Å². The van der Waals surface area contributed by atoms with Crippen LogP contribution in [0.4, 0.5) is 10.5 Å². The Morgan fingerprint density at radius 3 is 2.24 bits per heavy atom.